The second-order valence-electron chi connectivity index (χ2n) is 6.85. The Morgan fingerprint density at radius 1 is 1.06 bits per heavy atom. The van der Waals surface area contributed by atoms with E-state index >= 15 is 0 Å². The van der Waals surface area contributed by atoms with Crippen LogP contribution in [-0.4, -0.2) is 32.6 Å². The van der Waals surface area contributed by atoms with Gasteiger partial charge in [0.25, 0.3) is 0 Å². The van der Waals surface area contributed by atoms with Crippen molar-refractivity contribution in [3.8, 4) is 17.2 Å². The van der Waals surface area contributed by atoms with Gasteiger partial charge in [0, 0.05) is 43.3 Å². The van der Waals surface area contributed by atoms with E-state index in [1.165, 1.54) is 6.26 Å². The number of aliphatic hydroxyl groups is 1. The zero-order chi connectivity index (χ0) is 23.8. The second-order valence-corrected chi connectivity index (χ2v) is 8.32. The number of benzene rings is 2. The van der Waals surface area contributed by atoms with E-state index in [1.54, 1.807) is 18.5 Å². The Labute approximate surface area is 199 Å². The Balaban J connectivity index is 0.00000149. The van der Waals surface area contributed by atoms with Gasteiger partial charge in [0.2, 0.25) is 0 Å². The molecule has 1 atom stereocenters. The average molecular weight is 480 g/mol. The van der Waals surface area contributed by atoms with Gasteiger partial charge in [-0.2, -0.15) is 5.26 Å². The highest BCUT2D eigenvalue weighted by Gasteiger charge is 2.12. The van der Waals surface area contributed by atoms with E-state index in [0.29, 0.717) is 17.8 Å². The molecule has 2 heterocycles. The van der Waals surface area contributed by atoms with Crippen molar-refractivity contribution >= 4 is 44.9 Å². The van der Waals surface area contributed by atoms with E-state index < -0.39 is 11.0 Å². The normalized spacial score (nSPS) is 11.1. The molecule has 168 valence electrons. The van der Waals surface area contributed by atoms with Crippen molar-refractivity contribution in [3.05, 3.63) is 83.3 Å². The van der Waals surface area contributed by atoms with Crippen LogP contribution < -0.4 is 10.0 Å². The van der Waals surface area contributed by atoms with Gasteiger partial charge in [-0.1, -0.05) is 48.0 Å². The fraction of sp³-hybridized carbons (Fsp3) is 0.125. The summed E-state index contributed by atoms with van der Waals surface area (Å²) in [5, 5.41) is 21.1. The lowest BCUT2D eigenvalue weighted by molar-refractivity contribution is 0.399. The Kier molecular flexibility index (Phi) is 8.33. The molecule has 33 heavy (non-hydrogen) atoms. The molecule has 2 aromatic carbocycles. The molecule has 4 aromatic rings. The first-order valence-electron chi connectivity index (χ1n) is 9.86. The first-order valence-corrected chi connectivity index (χ1v) is 11.8. The Morgan fingerprint density at radius 3 is 2.52 bits per heavy atom. The van der Waals surface area contributed by atoms with Crippen LogP contribution in [0.15, 0.2) is 67.0 Å². The zero-order valence-electron chi connectivity index (χ0n) is 18.0. The number of fused-ring (bicyclic) bond motifs is 1. The molecule has 0 amide bonds. The lowest BCUT2D eigenvalue weighted by Gasteiger charge is -2.13. The van der Waals surface area contributed by atoms with Crippen LogP contribution in [0.2, 0.25) is 5.15 Å². The maximum atomic E-state index is 11.6. The van der Waals surface area contributed by atoms with E-state index in [2.05, 4.69) is 26.1 Å². The highest BCUT2D eigenvalue weighted by molar-refractivity contribution is 7.85. The van der Waals surface area contributed by atoms with E-state index in [0.717, 1.165) is 40.4 Å². The quantitative estimate of drug-likeness (QED) is 0.344. The van der Waals surface area contributed by atoms with Crippen LogP contribution in [0.3, 0.4) is 0 Å². The summed E-state index contributed by atoms with van der Waals surface area (Å²) < 4.78 is 14.4. The summed E-state index contributed by atoms with van der Waals surface area (Å²) in [5.41, 5.74) is 5.25. The van der Waals surface area contributed by atoms with Gasteiger partial charge in [0.1, 0.15) is 17.1 Å². The third-order valence-corrected chi connectivity index (χ3v) is 5.54. The summed E-state index contributed by atoms with van der Waals surface area (Å²) in [6.45, 7) is 0.581. The standard InChI is InChI=1S/C23H18ClN5OS.CH4O/c1-31(30)29-21-10-17(13-28-23(21)24)16-7-8-20-19(9-16)22(18(11-25)14-26-20)27-12-15-5-3-2-4-6-15;1-2/h2-10,13-14,29H,12H2,1H3,(H,26,27);2H,1H3. The van der Waals surface area contributed by atoms with Crippen LogP contribution >= 0.6 is 11.6 Å². The lowest BCUT2D eigenvalue weighted by Crippen LogP contribution is -2.03. The summed E-state index contributed by atoms with van der Waals surface area (Å²) in [7, 11) is -0.273. The smallest absolute Gasteiger partial charge is 0.153 e. The van der Waals surface area contributed by atoms with Gasteiger partial charge < -0.3 is 15.1 Å². The number of hydrogen-bond donors (Lipinski definition) is 3. The van der Waals surface area contributed by atoms with Gasteiger partial charge in [-0.3, -0.25) is 4.98 Å². The van der Waals surface area contributed by atoms with Crippen molar-refractivity contribution < 1.29 is 9.32 Å². The molecule has 3 N–H and O–H groups in total. The van der Waals surface area contributed by atoms with E-state index in [-0.39, 0.29) is 5.15 Å². The predicted molar refractivity (Wildman–Crippen MR) is 134 cm³/mol. The molecule has 9 heteroatoms. The van der Waals surface area contributed by atoms with Crippen molar-refractivity contribution in [1.29, 1.82) is 5.26 Å². The van der Waals surface area contributed by atoms with Gasteiger partial charge in [0.15, 0.2) is 5.15 Å². The molecule has 0 saturated heterocycles. The van der Waals surface area contributed by atoms with E-state index in [4.69, 9.17) is 16.7 Å². The highest BCUT2D eigenvalue weighted by atomic mass is 35.5. The van der Waals surface area contributed by atoms with Crippen LogP contribution in [-0.2, 0) is 17.5 Å². The fourth-order valence-electron chi connectivity index (χ4n) is 3.27. The monoisotopic (exact) mass is 479 g/mol. The van der Waals surface area contributed by atoms with Crippen molar-refractivity contribution in [2.24, 2.45) is 0 Å². The molecule has 4 rings (SSSR count). The van der Waals surface area contributed by atoms with Crippen molar-refractivity contribution in [3.63, 3.8) is 0 Å². The summed E-state index contributed by atoms with van der Waals surface area (Å²) >= 11 is 6.12. The average Bonchev–Trinajstić information content (AvgIpc) is 2.85. The molecule has 0 aliphatic heterocycles. The highest BCUT2D eigenvalue weighted by Crippen LogP contribution is 2.32. The molecular formula is C24H22ClN5O2S. The van der Waals surface area contributed by atoms with Gasteiger partial charge in [-0.15, -0.1) is 0 Å². The van der Waals surface area contributed by atoms with E-state index in [9.17, 15) is 9.47 Å². The number of nitrogens with one attached hydrogen (secondary N) is 2. The maximum Gasteiger partial charge on any atom is 0.153 e. The van der Waals surface area contributed by atoms with Crippen molar-refractivity contribution in [1.82, 2.24) is 9.97 Å². The van der Waals surface area contributed by atoms with E-state index in [1.807, 2.05) is 48.5 Å². The Hall–Kier alpha value is -3.51. The molecule has 7 nitrogen and oxygen atoms in total. The topological polar surface area (TPSA) is 111 Å². The minimum atomic E-state index is -1.27. The molecule has 0 aliphatic carbocycles. The SMILES string of the molecule is CO.CS(=O)Nc1cc(-c2ccc3ncc(C#N)c(NCc4ccccc4)c3c2)cnc1Cl. The molecule has 1 unspecified atom stereocenters. The molecular weight excluding hydrogens is 458 g/mol. The summed E-state index contributed by atoms with van der Waals surface area (Å²) in [6, 6.07) is 19.8. The molecule has 0 radical (unpaired) electrons. The minimum Gasteiger partial charge on any atom is -0.400 e. The summed E-state index contributed by atoms with van der Waals surface area (Å²) in [5.74, 6) is 0. The van der Waals surface area contributed by atoms with Gasteiger partial charge in [0.05, 0.1) is 22.5 Å². The van der Waals surface area contributed by atoms with Crippen LogP contribution in [0.4, 0.5) is 11.4 Å². The molecule has 0 fully saturated rings. The molecule has 0 saturated carbocycles. The van der Waals surface area contributed by atoms with Crippen LogP contribution in [0.1, 0.15) is 11.1 Å². The second kappa shape index (κ2) is 11.4. The lowest BCUT2D eigenvalue weighted by atomic mass is 10.0. The number of hydrogen-bond acceptors (Lipinski definition) is 6. The number of nitrogens with zero attached hydrogens (tertiary/aromatic N) is 3. The first kappa shape index (κ1) is 24.1. The molecule has 0 aliphatic rings. The third kappa shape index (κ3) is 5.84. The number of rotatable bonds is 6. The minimum absolute atomic E-state index is 0.249. The number of aromatic nitrogens is 2. The molecule has 0 spiro atoms. The first-order chi connectivity index (χ1) is 16.0. The van der Waals surface area contributed by atoms with Gasteiger partial charge in [-0.05, 0) is 29.3 Å². The van der Waals surface area contributed by atoms with Gasteiger partial charge >= 0.3 is 0 Å². The number of anilines is 2. The largest absolute Gasteiger partial charge is 0.400 e. The zero-order valence-corrected chi connectivity index (χ0v) is 19.6. The third-order valence-electron chi connectivity index (χ3n) is 4.73. The Bertz CT molecular complexity index is 1330. The van der Waals surface area contributed by atoms with Crippen molar-refractivity contribution in [2.45, 2.75) is 6.54 Å². The van der Waals surface area contributed by atoms with Crippen molar-refractivity contribution in [2.75, 3.05) is 23.4 Å². The summed E-state index contributed by atoms with van der Waals surface area (Å²) in [4.78, 5) is 8.63. The number of nitriles is 1. The van der Waals surface area contributed by atoms with Crippen LogP contribution in [0, 0.1) is 11.3 Å². The van der Waals surface area contributed by atoms with Crippen LogP contribution in [0.25, 0.3) is 22.0 Å². The summed E-state index contributed by atoms with van der Waals surface area (Å²) in [6.07, 6.45) is 4.77. The molecule has 2 aromatic heterocycles. The number of aliphatic hydroxyl groups excluding tert-OH is 1. The predicted octanol–water partition coefficient (Wildman–Crippen LogP) is 4.75. The van der Waals surface area contributed by atoms with Crippen LogP contribution in [0.5, 0.6) is 0 Å². The van der Waals surface area contributed by atoms with Gasteiger partial charge in [-0.25, -0.2) is 9.19 Å². The maximum absolute atomic E-state index is 11.6. The number of halogens is 1. The fourth-order valence-corrected chi connectivity index (χ4v) is 3.94. The number of pyridine rings is 2. The Morgan fingerprint density at radius 2 is 1.82 bits per heavy atom. The molecule has 0 bridgehead atoms.